The molecule has 10 fully saturated rings. The smallest absolute Gasteiger partial charge is 0.314 e. The largest absolute Gasteiger partial charge is 0.432 e. The van der Waals surface area contributed by atoms with Gasteiger partial charge in [-0.05, 0) is 86.5 Å². The molecule has 33 heteroatoms. The van der Waals surface area contributed by atoms with Crippen molar-refractivity contribution in [1.29, 1.82) is 0 Å². The molecule has 0 radical (unpaired) electrons. The lowest BCUT2D eigenvalue weighted by atomic mass is 9.41. The molecule has 0 aromatic rings. The number of rotatable bonds is 18. The third-order valence-corrected chi connectivity index (χ3v) is 21.3. The van der Waals surface area contributed by atoms with E-state index < -0.39 is 258 Å². The molecule has 10 aliphatic rings. The van der Waals surface area contributed by atoms with Gasteiger partial charge in [0.15, 0.2) is 37.6 Å². The Kier molecular flexibility index (Phi) is 21.4. The summed E-state index contributed by atoms with van der Waals surface area (Å²) in [7, 11) is 0. The second-order valence-corrected chi connectivity index (χ2v) is 26.5. The van der Waals surface area contributed by atoms with Gasteiger partial charge < -0.3 is 159 Å². The summed E-state index contributed by atoms with van der Waals surface area (Å²) in [5.74, 6) is -1.40. The van der Waals surface area contributed by atoms with E-state index in [4.69, 9.17) is 56.8 Å². The van der Waals surface area contributed by atoms with Crippen LogP contribution in [0.25, 0.3) is 0 Å². The summed E-state index contributed by atoms with van der Waals surface area (Å²) in [5, 5.41) is 214. The highest BCUT2D eigenvalue weighted by molar-refractivity contribution is 5.77. The molecule has 4 saturated carbocycles. The van der Waals surface area contributed by atoms with Gasteiger partial charge in [-0.1, -0.05) is 19.9 Å². The minimum Gasteiger partial charge on any atom is -0.432 e. The Morgan fingerprint density at radius 3 is 1.37 bits per heavy atom. The van der Waals surface area contributed by atoms with Crippen LogP contribution in [0.15, 0.2) is 12.2 Å². The number of aliphatic hydroxyl groups is 20. The highest BCUT2D eigenvalue weighted by Crippen LogP contribution is 2.74. The molecule has 0 aromatic carbocycles. The van der Waals surface area contributed by atoms with E-state index in [1.54, 1.807) is 6.92 Å². The van der Waals surface area contributed by atoms with Crippen molar-refractivity contribution < 1.29 is 164 Å². The molecule has 89 heavy (non-hydrogen) atoms. The van der Waals surface area contributed by atoms with Gasteiger partial charge >= 0.3 is 5.97 Å². The number of hydrogen-bond donors (Lipinski definition) is 20. The quantitative estimate of drug-likeness (QED) is 0.0344. The summed E-state index contributed by atoms with van der Waals surface area (Å²) in [6, 6.07) is 0. The zero-order valence-corrected chi connectivity index (χ0v) is 49.0. The normalized spacial score (nSPS) is 54.5. The summed E-state index contributed by atoms with van der Waals surface area (Å²) in [6.07, 6.45) is -50.9. The Labute approximate surface area is 509 Å². The van der Waals surface area contributed by atoms with Gasteiger partial charge in [0.2, 0.25) is 6.29 Å². The first kappa shape index (κ1) is 69.8. The average Bonchev–Trinajstić information content (AvgIpc) is 1.64. The van der Waals surface area contributed by atoms with Crippen molar-refractivity contribution in [2.45, 2.75) is 261 Å². The van der Waals surface area contributed by atoms with Crippen LogP contribution >= 0.6 is 0 Å². The minimum absolute atomic E-state index is 0.144. The molecule has 32 unspecified atom stereocenters. The molecule has 512 valence electrons. The molecule has 20 N–H and O–H groups in total. The Bertz CT molecular complexity index is 2390. The third-order valence-electron chi connectivity index (χ3n) is 21.3. The molecule has 36 atom stereocenters. The lowest BCUT2D eigenvalue weighted by Crippen LogP contribution is -2.68. The van der Waals surface area contributed by atoms with Crippen LogP contribution in [0, 0.1) is 28.1 Å². The van der Waals surface area contributed by atoms with Crippen molar-refractivity contribution in [3.63, 3.8) is 0 Å². The van der Waals surface area contributed by atoms with Gasteiger partial charge in [-0.25, -0.2) is 0 Å². The highest BCUT2D eigenvalue weighted by atomic mass is 16.8. The highest BCUT2D eigenvalue weighted by Gasteiger charge is 2.70. The van der Waals surface area contributed by atoms with E-state index in [-0.39, 0.29) is 18.8 Å². The van der Waals surface area contributed by atoms with Crippen molar-refractivity contribution >= 4 is 5.97 Å². The monoisotopic (exact) mass is 1290 g/mol. The second kappa shape index (κ2) is 27.2. The first-order valence-electron chi connectivity index (χ1n) is 30.4. The van der Waals surface area contributed by atoms with E-state index in [0.29, 0.717) is 50.5 Å². The number of fused-ring (bicyclic) bond motifs is 3. The lowest BCUT2D eigenvalue weighted by Gasteiger charge is -2.64. The summed E-state index contributed by atoms with van der Waals surface area (Å²) in [6.45, 7) is 3.36. The molecule has 33 nitrogen and oxygen atoms in total. The van der Waals surface area contributed by atoms with E-state index in [2.05, 4.69) is 13.5 Å². The van der Waals surface area contributed by atoms with E-state index in [9.17, 15) is 102 Å². The fourth-order valence-corrected chi connectivity index (χ4v) is 16.3. The van der Waals surface area contributed by atoms with Gasteiger partial charge in [0.1, 0.15) is 140 Å². The van der Waals surface area contributed by atoms with Gasteiger partial charge in [0.25, 0.3) is 0 Å². The zero-order chi connectivity index (χ0) is 64.7. The van der Waals surface area contributed by atoms with Crippen LogP contribution in [-0.2, 0) is 61.6 Å². The molecular formula is C56H90O33. The predicted molar refractivity (Wildman–Crippen MR) is 284 cm³/mol. The van der Waals surface area contributed by atoms with E-state index >= 15 is 4.79 Å². The molecule has 1 spiro atoms. The van der Waals surface area contributed by atoms with E-state index in [0.717, 1.165) is 0 Å². The molecule has 10 rings (SSSR count). The van der Waals surface area contributed by atoms with Crippen molar-refractivity contribution in [3.8, 4) is 0 Å². The number of carbonyl (C=O) groups excluding carboxylic acids is 1. The van der Waals surface area contributed by atoms with Crippen LogP contribution < -0.4 is 0 Å². The average molecular weight is 1290 g/mol. The zero-order valence-electron chi connectivity index (χ0n) is 49.0. The molecule has 6 aliphatic heterocycles. The number of hydrogen-bond acceptors (Lipinski definition) is 33. The molecular weight excluding hydrogens is 1200 g/mol. The third kappa shape index (κ3) is 12.4. The maximum atomic E-state index is 15.3. The number of esters is 1. The fraction of sp³-hybridized carbons (Fsp3) is 0.946. The Hall–Kier alpha value is -2.03. The van der Waals surface area contributed by atoms with Gasteiger partial charge in [-0.2, -0.15) is 0 Å². The first-order valence-corrected chi connectivity index (χ1v) is 30.4. The first-order chi connectivity index (χ1) is 42.1. The fourth-order valence-electron chi connectivity index (χ4n) is 16.3. The molecule has 0 amide bonds. The maximum Gasteiger partial charge on any atom is 0.314 e. The number of carbonyl (C=O) groups is 1. The van der Waals surface area contributed by atoms with Gasteiger partial charge in [0, 0.05) is 0 Å². The van der Waals surface area contributed by atoms with Crippen molar-refractivity contribution in [2.75, 3.05) is 39.6 Å². The molecule has 0 aromatic heterocycles. The van der Waals surface area contributed by atoms with Crippen LogP contribution in [0.2, 0.25) is 0 Å². The van der Waals surface area contributed by atoms with Gasteiger partial charge in [0.05, 0.1) is 50.7 Å². The standard InChI is InChI=1S/C56H90O33/c1-19-11-55-9-5-26-53(2,7-4-8-54(26,3)52(77)88-50-44(86-48-41(75)36(70)30(64)22(14-59)81-48)38(72)32(66)25(84-50)17-78-46-39(73)34(68)28(62)20(12-57)79-46)27(55)6-10-56(19,18-55)89-51-45(87-49-42(76)37(71)31(65)23(15-60)82-49)43(33(67)24(16-61)83-51)85-47-40(74)35(69)29(63)21(13-58)80-47/h20-51,57-76H,1,4-18H2,2-3H3/t20?,21?,22?,23?,24?,25?,26?,27-,28?,29?,30?,31?,32?,33?,34?,35?,36?,37?,38?,39?,40?,41?,42?,43?,44?,45?,46?,47?,48?,49?,50?,51?,53+,54+,55+,56?/m0/s1. The molecule has 6 saturated heterocycles. The van der Waals surface area contributed by atoms with Crippen molar-refractivity contribution in [1.82, 2.24) is 0 Å². The summed E-state index contributed by atoms with van der Waals surface area (Å²) < 4.78 is 72.1. The van der Waals surface area contributed by atoms with Crippen LogP contribution in [0.5, 0.6) is 0 Å². The number of aliphatic hydroxyl groups excluding tert-OH is 20. The van der Waals surface area contributed by atoms with Crippen LogP contribution in [0.1, 0.15) is 71.6 Å². The van der Waals surface area contributed by atoms with Crippen molar-refractivity contribution in [3.05, 3.63) is 12.2 Å². The van der Waals surface area contributed by atoms with Crippen LogP contribution in [0.3, 0.4) is 0 Å². The number of ether oxygens (including phenoxy) is 12. The van der Waals surface area contributed by atoms with Gasteiger partial charge in [-0.3, -0.25) is 4.79 Å². The summed E-state index contributed by atoms with van der Waals surface area (Å²) >= 11 is 0. The molecule has 4 aliphatic carbocycles. The Morgan fingerprint density at radius 1 is 0.449 bits per heavy atom. The molecule has 6 heterocycles. The predicted octanol–water partition coefficient (Wildman–Crippen LogP) is -9.47. The SMILES string of the molecule is C=C1C[C@@]23CCC4[C@](C)(C(=O)OC5OC(COC6OC(CO)C(O)C(O)C6O)C(O)C(O)C5OC5OC(CO)C(O)C(O)C5O)CCC[C@@]4(C)[C@@H]2CCC1(OC1OC(CO)C(O)C(OC2OC(CO)C(O)C(O)C2O)C1OC1OC(CO)C(O)C(O)C1O)C3. The van der Waals surface area contributed by atoms with E-state index in [1.807, 2.05) is 0 Å². The Morgan fingerprint density at radius 2 is 0.865 bits per heavy atom. The maximum absolute atomic E-state index is 15.3. The van der Waals surface area contributed by atoms with E-state index in [1.165, 1.54) is 0 Å². The molecule has 2 bridgehead atoms. The summed E-state index contributed by atoms with van der Waals surface area (Å²) in [5.41, 5.74) is -3.18. The van der Waals surface area contributed by atoms with Crippen molar-refractivity contribution in [2.24, 2.45) is 28.1 Å². The second-order valence-electron chi connectivity index (χ2n) is 26.5. The van der Waals surface area contributed by atoms with Crippen LogP contribution in [-0.4, -0.2) is 338 Å². The lowest BCUT2D eigenvalue weighted by molar-refractivity contribution is -0.400. The Balaban J connectivity index is 0.902. The van der Waals surface area contributed by atoms with Crippen LogP contribution in [0.4, 0.5) is 0 Å². The minimum atomic E-state index is -2.08. The van der Waals surface area contributed by atoms with Gasteiger partial charge in [-0.15, -0.1) is 0 Å². The topological polar surface area (TPSA) is 532 Å². The summed E-state index contributed by atoms with van der Waals surface area (Å²) in [4.78, 5) is 15.3.